The molecular formula is C20H23N. The van der Waals surface area contributed by atoms with Crippen LogP contribution < -0.4 is 0 Å². The van der Waals surface area contributed by atoms with Crippen LogP contribution in [-0.4, -0.2) is 4.57 Å². The van der Waals surface area contributed by atoms with Gasteiger partial charge in [-0.2, -0.15) is 0 Å². The van der Waals surface area contributed by atoms with Crippen LogP contribution in [0.25, 0.3) is 10.9 Å². The Bertz CT molecular complexity index is 786. The summed E-state index contributed by atoms with van der Waals surface area (Å²) >= 11 is 0. The Morgan fingerprint density at radius 3 is 2.10 bits per heavy atom. The first-order valence-corrected chi connectivity index (χ1v) is 7.56. The van der Waals surface area contributed by atoms with Crippen LogP contribution in [-0.2, 0) is 5.54 Å². The topological polar surface area (TPSA) is 4.93 Å². The molecule has 0 aliphatic heterocycles. The van der Waals surface area contributed by atoms with Crippen molar-refractivity contribution < 1.29 is 0 Å². The molecular weight excluding hydrogens is 254 g/mol. The fraction of sp³-hybridized carbons (Fsp3) is 0.300. The molecule has 108 valence electrons. The van der Waals surface area contributed by atoms with Crippen molar-refractivity contribution >= 4 is 10.9 Å². The number of hydrogen-bond donors (Lipinski definition) is 0. The molecule has 0 amide bonds. The second-order valence-electron chi connectivity index (χ2n) is 6.62. The third-order valence-electron chi connectivity index (χ3n) is 4.38. The summed E-state index contributed by atoms with van der Waals surface area (Å²) in [6.07, 6.45) is 0. The van der Waals surface area contributed by atoms with Gasteiger partial charge in [-0.3, -0.25) is 0 Å². The van der Waals surface area contributed by atoms with Crippen molar-refractivity contribution in [1.82, 2.24) is 4.57 Å². The van der Waals surface area contributed by atoms with Crippen molar-refractivity contribution in [1.29, 1.82) is 0 Å². The Balaban J connectivity index is 2.26. The lowest BCUT2D eigenvalue weighted by Crippen LogP contribution is -2.28. The molecule has 0 saturated carbocycles. The number of benzene rings is 2. The van der Waals surface area contributed by atoms with E-state index < -0.39 is 0 Å². The van der Waals surface area contributed by atoms with E-state index in [1.807, 2.05) is 0 Å². The van der Waals surface area contributed by atoms with Gasteiger partial charge in [0.05, 0.1) is 5.54 Å². The van der Waals surface area contributed by atoms with Crippen LogP contribution in [0.2, 0.25) is 0 Å². The molecule has 2 aromatic carbocycles. The number of aryl methyl sites for hydroxylation is 3. The number of para-hydroxylation sites is 1. The summed E-state index contributed by atoms with van der Waals surface area (Å²) in [5, 5.41) is 1.31. The fourth-order valence-electron chi connectivity index (χ4n) is 3.49. The van der Waals surface area contributed by atoms with Crippen LogP contribution in [0, 0.1) is 20.8 Å². The van der Waals surface area contributed by atoms with Crippen LogP contribution >= 0.6 is 0 Å². The molecule has 1 heterocycles. The van der Waals surface area contributed by atoms with Crippen molar-refractivity contribution in [2.45, 2.75) is 40.2 Å². The van der Waals surface area contributed by atoms with Crippen LogP contribution in [0.1, 0.15) is 36.2 Å². The van der Waals surface area contributed by atoms with E-state index in [9.17, 15) is 0 Å². The average molecular weight is 277 g/mol. The van der Waals surface area contributed by atoms with Gasteiger partial charge in [-0.25, -0.2) is 0 Å². The van der Waals surface area contributed by atoms with Gasteiger partial charge in [-0.05, 0) is 57.7 Å². The molecule has 0 fully saturated rings. The normalized spacial score (nSPS) is 12.0. The van der Waals surface area contributed by atoms with E-state index in [0.29, 0.717) is 0 Å². The lowest BCUT2D eigenvalue weighted by Gasteiger charge is -2.31. The van der Waals surface area contributed by atoms with E-state index in [1.165, 1.54) is 33.3 Å². The first-order valence-electron chi connectivity index (χ1n) is 7.56. The van der Waals surface area contributed by atoms with Crippen molar-refractivity contribution in [3.8, 4) is 0 Å². The Hall–Kier alpha value is -2.02. The van der Waals surface area contributed by atoms with E-state index in [2.05, 4.69) is 87.7 Å². The maximum atomic E-state index is 2.45. The average Bonchev–Trinajstić information content (AvgIpc) is 2.73. The molecule has 0 atom stereocenters. The predicted octanol–water partition coefficient (Wildman–Crippen LogP) is 5.35. The van der Waals surface area contributed by atoms with Crippen molar-refractivity contribution in [3.63, 3.8) is 0 Å². The molecule has 0 saturated heterocycles. The minimum absolute atomic E-state index is 0.0655. The summed E-state index contributed by atoms with van der Waals surface area (Å²) < 4.78 is 2.45. The molecule has 0 aliphatic carbocycles. The summed E-state index contributed by atoms with van der Waals surface area (Å²) in [6.45, 7) is 11.2. The van der Waals surface area contributed by atoms with Gasteiger partial charge >= 0.3 is 0 Å². The smallest absolute Gasteiger partial charge is 0.0643 e. The fourth-order valence-corrected chi connectivity index (χ4v) is 3.49. The zero-order chi connectivity index (χ0) is 15.2. The van der Waals surface area contributed by atoms with Gasteiger partial charge in [0.15, 0.2) is 0 Å². The number of rotatable bonds is 2. The summed E-state index contributed by atoms with van der Waals surface area (Å²) in [5.74, 6) is 0. The molecule has 0 aliphatic rings. The number of nitrogens with zero attached hydrogens (tertiary/aromatic N) is 1. The Morgan fingerprint density at radius 2 is 1.43 bits per heavy atom. The highest BCUT2D eigenvalue weighted by Gasteiger charge is 2.26. The van der Waals surface area contributed by atoms with Crippen molar-refractivity contribution in [2.24, 2.45) is 0 Å². The molecule has 3 rings (SSSR count). The Kier molecular flexibility index (Phi) is 3.16. The van der Waals surface area contributed by atoms with Crippen LogP contribution in [0.4, 0.5) is 0 Å². The molecule has 0 bridgehead atoms. The van der Waals surface area contributed by atoms with E-state index in [1.54, 1.807) is 0 Å². The van der Waals surface area contributed by atoms with E-state index in [-0.39, 0.29) is 5.54 Å². The summed E-state index contributed by atoms with van der Waals surface area (Å²) in [4.78, 5) is 0. The van der Waals surface area contributed by atoms with Gasteiger partial charge in [0, 0.05) is 11.2 Å². The molecule has 0 N–H and O–H groups in total. The summed E-state index contributed by atoms with van der Waals surface area (Å²) in [5.41, 5.74) is 6.56. The van der Waals surface area contributed by atoms with Crippen molar-refractivity contribution in [3.05, 3.63) is 70.9 Å². The summed E-state index contributed by atoms with van der Waals surface area (Å²) in [7, 11) is 0. The maximum absolute atomic E-state index is 2.45. The standard InChI is InChI=1S/C20H23N/c1-14-10-15(2)12-18(11-14)20(4,5)21-16(3)13-17-8-6-7-9-19(17)21/h6-13H,1-5H3. The number of hydrogen-bond acceptors (Lipinski definition) is 0. The molecule has 0 unspecified atom stereocenters. The minimum atomic E-state index is -0.0655. The molecule has 1 heteroatoms. The molecule has 1 nitrogen and oxygen atoms in total. The van der Waals surface area contributed by atoms with E-state index in [4.69, 9.17) is 0 Å². The molecule has 0 spiro atoms. The number of fused-ring (bicyclic) bond motifs is 1. The van der Waals surface area contributed by atoms with Gasteiger partial charge in [0.1, 0.15) is 0 Å². The SMILES string of the molecule is Cc1cc(C)cc(C(C)(C)n2c(C)cc3ccccc32)c1. The van der Waals surface area contributed by atoms with E-state index in [0.717, 1.165) is 0 Å². The van der Waals surface area contributed by atoms with Gasteiger partial charge in [-0.15, -0.1) is 0 Å². The predicted molar refractivity (Wildman–Crippen MR) is 91.0 cm³/mol. The molecule has 3 aromatic rings. The van der Waals surface area contributed by atoms with Gasteiger partial charge in [0.25, 0.3) is 0 Å². The Labute approximate surface area is 127 Å². The quantitative estimate of drug-likeness (QED) is 0.595. The summed E-state index contributed by atoms with van der Waals surface area (Å²) in [6, 6.07) is 17.8. The second-order valence-corrected chi connectivity index (χ2v) is 6.62. The van der Waals surface area contributed by atoms with Crippen LogP contribution in [0.3, 0.4) is 0 Å². The van der Waals surface area contributed by atoms with Gasteiger partial charge in [0.2, 0.25) is 0 Å². The molecule has 0 radical (unpaired) electrons. The van der Waals surface area contributed by atoms with Crippen LogP contribution in [0.5, 0.6) is 0 Å². The molecule has 21 heavy (non-hydrogen) atoms. The first-order chi connectivity index (χ1) is 9.89. The maximum Gasteiger partial charge on any atom is 0.0643 e. The van der Waals surface area contributed by atoms with Crippen molar-refractivity contribution in [2.75, 3.05) is 0 Å². The third-order valence-corrected chi connectivity index (χ3v) is 4.38. The highest BCUT2D eigenvalue weighted by molar-refractivity contribution is 5.81. The second kappa shape index (κ2) is 4.77. The minimum Gasteiger partial charge on any atom is -0.335 e. The Morgan fingerprint density at radius 1 is 0.810 bits per heavy atom. The number of aromatic nitrogens is 1. The van der Waals surface area contributed by atoms with E-state index >= 15 is 0 Å². The third kappa shape index (κ3) is 2.27. The zero-order valence-corrected chi connectivity index (χ0v) is 13.6. The lowest BCUT2D eigenvalue weighted by atomic mass is 9.90. The highest BCUT2D eigenvalue weighted by Crippen LogP contribution is 2.33. The van der Waals surface area contributed by atoms with Gasteiger partial charge < -0.3 is 4.57 Å². The monoisotopic (exact) mass is 277 g/mol. The lowest BCUT2D eigenvalue weighted by molar-refractivity contribution is 0.442. The van der Waals surface area contributed by atoms with Gasteiger partial charge in [-0.1, -0.05) is 47.5 Å². The first kappa shape index (κ1) is 13.9. The largest absolute Gasteiger partial charge is 0.335 e. The highest BCUT2D eigenvalue weighted by atomic mass is 15.1. The van der Waals surface area contributed by atoms with Crippen LogP contribution in [0.15, 0.2) is 48.5 Å². The molecule has 1 aromatic heterocycles. The zero-order valence-electron chi connectivity index (χ0n) is 13.6.